The van der Waals surface area contributed by atoms with Crippen molar-refractivity contribution in [1.82, 2.24) is 15.3 Å². The number of benzene rings is 1. The molecule has 5 aromatic rings. The third-order valence-electron chi connectivity index (χ3n) is 4.88. The smallest absolute Gasteiger partial charge is 0.255 e. The van der Waals surface area contributed by atoms with Crippen LogP contribution in [0.15, 0.2) is 51.5 Å². The molecule has 0 radical (unpaired) electrons. The molecule has 0 saturated carbocycles. The average molecular weight is 465 g/mol. The molecular formula is C22H16N4O4S2. The van der Waals surface area contributed by atoms with E-state index in [2.05, 4.69) is 20.5 Å². The summed E-state index contributed by atoms with van der Waals surface area (Å²) in [5.74, 6) is 1.61. The Hall–Kier alpha value is -3.63. The SMILES string of the molecule is CNC(=O)c1c(C)oc2cc(Oc3ccnc4cc(-c5nc(CN=O)cs5)sc34)ccc12. The largest absolute Gasteiger partial charge is 0.460 e. The molecule has 0 atom stereocenters. The highest BCUT2D eigenvalue weighted by Crippen LogP contribution is 2.40. The van der Waals surface area contributed by atoms with Gasteiger partial charge in [0.25, 0.3) is 5.91 Å². The van der Waals surface area contributed by atoms with Gasteiger partial charge in [0.15, 0.2) is 0 Å². The van der Waals surface area contributed by atoms with Gasteiger partial charge in [0.1, 0.15) is 34.4 Å². The Morgan fingerprint density at radius 1 is 1.28 bits per heavy atom. The number of carbonyl (C=O) groups is 1. The van der Waals surface area contributed by atoms with Gasteiger partial charge < -0.3 is 14.5 Å². The lowest BCUT2D eigenvalue weighted by Gasteiger charge is -2.06. The van der Waals surface area contributed by atoms with Gasteiger partial charge in [-0.2, -0.15) is 4.91 Å². The molecule has 0 saturated heterocycles. The number of fused-ring (bicyclic) bond motifs is 2. The molecule has 4 heterocycles. The van der Waals surface area contributed by atoms with E-state index in [-0.39, 0.29) is 12.5 Å². The highest BCUT2D eigenvalue weighted by atomic mass is 32.1. The minimum atomic E-state index is -0.189. The van der Waals surface area contributed by atoms with Gasteiger partial charge in [-0.1, -0.05) is 5.18 Å². The number of aryl methyl sites for hydroxylation is 1. The first-order chi connectivity index (χ1) is 15.6. The van der Waals surface area contributed by atoms with Gasteiger partial charge in [-0.3, -0.25) is 9.78 Å². The Labute approximate surface area is 189 Å². The van der Waals surface area contributed by atoms with Crippen molar-refractivity contribution >= 4 is 49.8 Å². The van der Waals surface area contributed by atoms with E-state index in [0.717, 1.165) is 25.5 Å². The van der Waals surface area contributed by atoms with E-state index >= 15 is 0 Å². The van der Waals surface area contributed by atoms with Crippen molar-refractivity contribution < 1.29 is 13.9 Å². The summed E-state index contributed by atoms with van der Waals surface area (Å²) in [5.41, 5.74) is 2.55. The lowest BCUT2D eigenvalue weighted by Crippen LogP contribution is -2.18. The molecule has 0 aliphatic rings. The normalized spacial score (nSPS) is 11.2. The van der Waals surface area contributed by atoms with Gasteiger partial charge in [0.05, 0.1) is 26.4 Å². The second-order valence-corrected chi connectivity index (χ2v) is 8.85. The van der Waals surface area contributed by atoms with Crippen molar-refractivity contribution in [3.63, 3.8) is 0 Å². The Morgan fingerprint density at radius 2 is 2.16 bits per heavy atom. The maximum atomic E-state index is 12.2. The summed E-state index contributed by atoms with van der Waals surface area (Å²) in [4.78, 5) is 32.5. The molecule has 4 aromatic heterocycles. The number of hydrogen-bond donors (Lipinski definition) is 1. The zero-order valence-corrected chi connectivity index (χ0v) is 18.7. The number of pyridine rings is 1. The number of nitroso groups, excluding NO2 is 1. The van der Waals surface area contributed by atoms with Gasteiger partial charge in [0.2, 0.25) is 0 Å². The number of amides is 1. The maximum absolute atomic E-state index is 12.2. The van der Waals surface area contributed by atoms with Crippen molar-refractivity contribution in [3.8, 4) is 21.4 Å². The molecule has 0 aliphatic carbocycles. The minimum Gasteiger partial charge on any atom is -0.460 e. The number of thiophene rings is 1. The fourth-order valence-electron chi connectivity index (χ4n) is 3.46. The highest BCUT2D eigenvalue weighted by Gasteiger charge is 2.18. The van der Waals surface area contributed by atoms with Crippen LogP contribution in [0, 0.1) is 11.8 Å². The fraction of sp³-hybridized carbons (Fsp3) is 0.136. The van der Waals surface area contributed by atoms with E-state index in [9.17, 15) is 9.70 Å². The summed E-state index contributed by atoms with van der Waals surface area (Å²) in [5, 5.41) is 8.91. The number of nitrogens with zero attached hydrogens (tertiary/aromatic N) is 3. The van der Waals surface area contributed by atoms with Gasteiger partial charge >= 0.3 is 0 Å². The van der Waals surface area contributed by atoms with Crippen LogP contribution in [0.3, 0.4) is 0 Å². The van der Waals surface area contributed by atoms with Crippen LogP contribution in [0.5, 0.6) is 11.5 Å². The number of rotatable bonds is 6. The second-order valence-electron chi connectivity index (χ2n) is 6.94. The lowest BCUT2D eigenvalue weighted by atomic mass is 10.1. The monoisotopic (exact) mass is 464 g/mol. The lowest BCUT2D eigenvalue weighted by molar-refractivity contribution is 0.0963. The number of nitrogens with one attached hydrogen (secondary N) is 1. The Balaban J connectivity index is 1.49. The quantitative estimate of drug-likeness (QED) is 0.314. The summed E-state index contributed by atoms with van der Waals surface area (Å²) in [7, 11) is 1.59. The van der Waals surface area contributed by atoms with Crippen LogP contribution in [0.25, 0.3) is 31.1 Å². The molecule has 8 nitrogen and oxygen atoms in total. The summed E-state index contributed by atoms with van der Waals surface area (Å²) >= 11 is 2.98. The van der Waals surface area contributed by atoms with E-state index in [0.29, 0.717) is 34.1 Å². The topological polar surface area (TPSA) is 107 Å². The number of furan rings is 1. The number of ether oxygens (including phenoxy) is 1. The first-order valence-electron chi connectivity index (χ1n) is 9.63. The summed E-state index contributed by atoms with van der Waals surface area (Å²) in [6.45, 7) is 1.82. The predicted molar refractivity (Wildman–Crippen MR) is 125 cm³/mol. The molecule has 0 aliphatic heterocycles. The van der Waals surface area contributed by atoms with Gasteiger partial charge in [-0.15, -0.1) is 22.7 Å². The minimum absolute atomic E-state index is 0.0599. The van der Waals surface area contributed by atoms with Gasteiger partial charge in [-0.25, -0.2) is 4.98 Å². The third-order valence-corrected chi connectivity index (χ3v) is 7.08. The molecule has 0 fully saturated rings. The predicted octanol–water partition coefficient (Wildman–Crippen LogP) is 5.89. The summed E-state index contributed by atoms with van der Waals surface area (Å²) in [6, 6.07) is 9.17. The van der Waals surface area contributed by atoms with Gasteiger partial charge in [-0.05, 0) is 25.1 Å². The van der Waals surface area contributed by atoms with Crippen LogP contribution in [-0.4, -0.2) is 22.9 Å². The van der Waals surface area contributed by atoms with Crippen molar-refractivity contribution in [2.45, 2.75) is 13.5 Å². The van der Waals surface area contributed by atoms with Crippen LogP contribution in [-0.2, 0) is 6.54 Å². The van der Waals surface area contributed by atoms with E-state index in [1.807, 2.05) is 23.6 Å². The van der Waals surface area contributed by atoms with E-state index in [1.54, 1.807) is 32.3 Å². The van der Waals surface area contributed by atoms with E-state index in [4.69, 9.17) is 9.15 Å². The highest BCUT2D eigenvalue weighted by molar-refractivity contribution is 7.25. The van der Waals surface area contributed by atoms with Crippen LogP contribution in [0.1, 0.15) is 21.8 Å². The van der Waals surface area contributed by atoms with Crippen molar-refractivity contribution in [1.29, 1.82) is 0 Å². The molecular weight excluding hydrogens is 448 g/mol. The Bertz CT molecular complexity index is 1480. The number of carbonyl (C=O) groups excluding carboxylic acids is 1. The molecule has 0 unspecified atom stereocenters. The molecule has 0 spiro atoms. The van der Waals surface area contributed by atoms with E-state index in [1.165, 1.54) is 22.7 Å². The van der Waals surface area contributed by atoms with Crippen LogP contribution in [0.2, 0.25) is 0 Å². The summed E-state index contributed by atoms with van der Waals surface area (Å²) < 4.78 is 12.8. The van der Waals surface area contributed by atoms with Crippen molar-refractivity contribution in [2.75, 3.05) is 7.05 Å². The maximum Gasteiger partial charge on any atom is 0.255 e. The zero-order valence-electron chi connectivity index (χ0n) is 17.0. The van der Waals surface area contributed by atoms with Crippen LogP contribution in [0.4, 0.5) is 0 Å². The molecule has 5 rings (SSSR count). The summed E-state index contributed by atoms with van der Waals surface area (Å²) in [6.07, 6.45) is 1.69. The Morgan fingerprint density at radius 3 is 2.97 bits per heavy atom. The molecule has 1 aromatic carbocycles. The van der Waals surface area contributed by atoms with Crippen LogP contribution >= 0.6 is 22.7 Å². The molecule has 10 heteroatoms. The molecule has 32 heavy (non-hydrogen) atoms. The first kappa shape index (κ1) is 20.3. The molecule has 0 bridgehead atoms. The number of thiazole rings is 1. The number of hydrogen-bond acceptors (Lipinski definition) is 9. The Kier molecular flexibility index (Phi) is 5.16. The average Bonchev–Trinajstić information content (AvgIpc) is 3.49. The van der Waals surface area contributed by atoms with Crippen LogP contribution < -0.4 is 10.1 Å². The number of aromatic nitrogens is 2. The van der Waals surface area contributed by atoms with E-state index < -0.39 is 0 Å². The van der Waals surface area contributed by atoms with Crippen molar-refractivity contribution in [3.05, 3.63) is 63.8 Å². The van der Waals surface area contributed by atoms with Gasteiger partial charge in [0, 0.05) is 36.1 Å². The van der Waals surface area contributed by atoms with Crippen molar-refractivity contribution in [2.24, 2.45) is 5.18 Å². The third kappa shape index (κ3) is 3.53. The molecule has 1 amide bonds. The zero-order chi connectivity index (χ0) is 22.2. The first-order valence-corrected chi connectivity index (χ1v) is 11.3. The molecule has 1 N–H and O–H groups in total. The standard InChI is InChI=1S/C22H16N4O4S2/c1-11-19(21(27)23-2)14-4-3-13(7-17(14)29-11)30-16-5-6-24-15-8-18(32-20(15)16)22-26-12(9-25-28)10-31-22/h3-8,10H,9H2,1-2H3,(H,23,27). The second kappa shape index (κ2) is 8.13. The fourth-order valence-corrected chi connectivity index (χ4v) is 5.40. The molecule has 160 valence electrons.